The van der Waals surface area contributed by atoms with E-state index in [1.165, 1.54) is 16.7 Å². The number of carbonyl (C=O) groups excluding carboxylic acids is 1. The smallest absolute Gasteiger partial charge is 0.262 e. The van der Waals surface area contributed by atoms with Gasteiger partial charge in [-0.2, -0.15) is 0 Å². The molecule has 148 valence electrons. The van der Waals surface area contributed by atoms with Crippen LogP contribution in [0, 0.1) is 6.92 Å². The van der Waals surface area contributed by atoms with Crippen molar-refractivity contribution in [2.24, 2.45) is 0 Å². The Morgan fingerprint density at radius 2 is 2.11 bits per heavy atom. The summed E-state index contributed by atoms with van der Waals surface area (Å²) in [7, 11) is 4.15. The quantitative estimate of drug-likeness (QED) is 0.431. The second kappa shape index (κ2) is 9.03. The Hall–Kier alpha value is -2.65. The van der Waals surface area contributed by atoms with Crippen molar-refractivity contribution in [1.82, 2.24) is 14.7 Å². The highest BCUT2D eigenvalue weighted by Gasteiger charge is 2.14. The monoisotopic (exact) mass is 402 g/mol. The van der Waals surface area contributed by atoms with Crippen molar-refractivity contribution < 1.29 is 14.2 Å². The van der Waals surface area contributed by atoms with Crippen molar-refractivity contribution in [2.45, 2.75) is 25.0 Å². The first-order valence-corrected chi connectivity index (χ1v) is 10.1. The molecule has 3 aromatic rings. The second-order valence-corrected chi connectivity index (χ2v) is 7.78. The van der Waals surface area contributed by atoms with E-state index < -0.39 is 0 Å². The van der Waals surface area contributed by atoms with Crippen molar-refractivity contribution in [1.29, 1.82) is 0 Å². The number of rotatable bonds is 8. The molecular formula is C19H24N5O3S+. The molecule has 1 aromatic carbocycles. The summed E-state index contributed by atoms with van der Waals surface area (Å²) in [4.78, 5) is 31.1. The molecule has 3 rings (SSSR count). The van der Waals surface area contributed by atoms with Crippen LogP contribution in [0.1, 0.15) is 12.2 Å². The zero-order valence-corrected chi connectivity index (χ0v) is 17.0. The number of benzene rings is 1. The zero-order valence-electron chi connectivity index (χ0n) is 16.2. The molecule has 0 radical (unpaired) electrons. The highest BCUT2D eigenvalue weighted by Crippen LogP contribution is 2.18. The molecule has 2 aromatic heterocycles. The Balaban J connectivity index is 1.79. The molecule has 2 heterocycles. The number of nitrogens with zero attached hydrogens (tertiary/aromatic N) is 3. The molecule has 8 nitrogen and oxygen atoms in total. The molecule has 0 saturated carbocycles. The molecule has 0 aliphatic heterocycles. The molecule has 0 atom stereocenters. The van der Waals surface area contributed by atoms with Crippen LogP contribution in [0.2, 0.25) is 0 Å². The third kappa shape index (κ3) is 4.99. The van der Waals surface area contributed by atoms with Gasteiger partial charge in [0.2, 0.25) is 5.91 Å². The molecule has 0 spiro atoms. The molecule has 0 aliphatic rings. The number of thioether (sulfide) groups is 1. The fraction of sp³-hybridized carbons (Fsp3) is 0.368. The van der Waals surface area contributed by atoms with E-state index >= 15 is 0 Å². The summed E-state index contributed by atoms with van der Waals surface area (Å²) in [5.41, 5.74) is 0.561. The lowest BCUT2D eigenvalue weighted by Gasteiger charge is -2.13. The molecule has 0 fully saturated rings. The van der Waals surface area contributed by atoms with Crippen LogP contribution in [-0.2, 0) is 11.3 Å². The Labute approximate surface area is 166 Å². The predicted molar refractivity (Wildman–Crippen MR) is 109 cm³/mol. The summed E-state index contributed by atoms with van der Waals surface area (Å²) in [6.07, 6.45) is 0.847. The second-order valence-electron chi connectivity index (χ2n) is 6.84. The van der Waals surface area contributed by atoms with Crippen LogP contribution in [0.15, 0.2) is 44.8 Å². The number of quaternary nitrogens is 1. The van der Waals surface area contributed by atoms with Crippen LogP contribution < -0.4 is 15.8 Å². The Morgan fingerprint density at radius 3 is 2.82 bits per heavy atom. The van der Waals surface area contributed by atoms with E-state index in [0.717, 1.165) is 13.0 Å². The van der Waals surface area contributed by atoms with Crippen LogP contribution in [-0.4, -0.2) is 47.0 Å². The van der Waals surface area contributed by atoms with Gasteiger partial charge in [-0.25, -0.2) is 4.98 Å². The molecule has 0 aliphatic carbocycles. The molecule has 0 saturated heterocycles. The standard InChI is InChI=1S/C19H23N5O3S/c1-13-11-16(22-27-13)21-17(25)12-28-19-20-15-8-5-4-7-14(15)18(26)24(19)10-6-9-23(2)3/h4-5,7-8,11H,6,9-10,12H2,1-3H3,(H,21,22,25)/p+1. The summed E-state index contributed by atoms with van der Waals surface area (Å²) in [5, 5.41) is 7.56. The number of para-hydroxylation sites is 1. The van der Waals surface area contributed by atoms with Gasteiger partial charge in [-0.3, -0.25) is 14.2 Å². The number of nitrogens with one attached hydrogen (secondary N) is 2. The van der Waals surface area contributed by atoms with E-state index in [2.05, 4.69) is 29.6 Å². The van der Waals surface area contributed by atoms with Crippen molar-refractivity contribution >= 4 is 34.4 Å². The Kier molecular flexibility index (Phi) is 6.48. The third-order valence-corrected chi connectivity index (χ3v) is 5.09. The van der Waals surface area contributed by atoms with E-state index in [1.54, 1.807) is 23.6 Å². The van der Waals surface area contributed by atoms with Crippen LogP contribution in [0.3, 0.4) is 0 Å². The Morgan fingerprint density at radius 1 is 1.32 bits per heavy atom. The lowest BCUT2D eigenvalue weighted by molar-refractivity contribution is -0.858. The van der Waals surface area contributed by atoms with Gasteiger partial charge in [-0.05, 0) is 19.1 Å². The summed E-state index contributed by atoms with van der Waals surface area (Å²) in [6, 6.07) is 8.93. The first-order chi connectivity index (χ1) is 13.4. The summed E-state index contributed by atoms with van der Waals surface area (Å²) >= 11 is 1.24. The van der Waals surface area contributed by atoms with E-state index in [0.29, 0.717) is 34.2 Å². The average Bonchev–Trinajstić information content (AvgIpc) is 3.06. The molecule has 28 heavy (non-hydrogen) atoms. The zero-order chi connectivity index (χ0) is 20.1. The lowest BCUT2D eigenvalue weighted by Crippen LogP contribution is -3.05. The lowest BCUT2D eigenvalue weighted by atomic mass is 10.2. The van der Waals surface area contributed by atoms with Crippen LogP contribution in [0.5, 0.6) is 0 Å². The number of amides is 1. The molecule has 1 amide bonds. The van der Waals surface area contributed by atoms with Crippen molar-refractivity contribution in [3.8, 4) is 0 Å². The van der Waals surface area contributed by atoms with E-state index in [4.69, 9.17) is 4.52 Å². The van der Waals surface area contributed by atoms with Crippen LogP contribution in [0.25, 0.3) is 10.9 Å². The van der Waals surface area contributed by atoms with Crippen LogP contribution >= 0.6 is 11.8 Å². The predicted octanol–water partition coefficient (Wildman–Crippen LogP) is 0.958. The summed E-state index contributed by atoms with van der Waals surface area (Å²) < 4.78 is 6.61. The van der Waals surface area contributed by atoms with Gasteiger partial charge in [-0.1, -0.05) is 29.1 Å². The van der Waals surface area contributed by atoms with E-state index in [-0.39, 0.29) is 17.2 Å². The minimum atomic E-state index is -0.231. The maximum atomic E-state index is 12.9. The van der Waals surface area contributed by atoms with Gasteiger partial charge in [0.1, 0.15) is 5.76 Å². The van der Waals surface area contributed by atoms with Gasteiger partial charge in [0.05, 0.1) is 37.3 Å². The summed E-state index contributed by atoms with van der Waals surface area (Å²) in [6.45, 7) is 3.26. The first-order valence-electron chi connectivity index (χ1n) is 9.08. The largest absolute Gasteiger partial charge is 0.360 e. The third-order valence-electron chi connectivity index (χ3n) is 4.11. The van der Waals surface area contributed by atoms with E-state index in [1.807, 2.05) is 18.2 Å². The highest BCUT2D eigenvalue weighted by atomic mass is 32.2. The molecule has 0 unspecified atom stereocenters. The van der Waals surface area contributed by atoms with Crippen molar-refractivity contribution in [2.75, 3.05) is 31.7 Å². The SMILES string of the molecule is Cc1cc(NC(=O)CSc2nc3ccccc3c(=O)n2CCC[NH+](C)C)no1. The van der Waals surface area contributed by atoms with Gasteiger partial charge in [0, 0.05) is 19.0 Å². The van der Waals surface area contributed by atoms with Gasteiger partial charge < -0.3 is 14.7 Å². The van der Waals surface area contributed by atoms with Gasteiger partial charge in [0.15, 0.2) is 11.0 Å². The average molecular weight is 403 g/mol. The number of fused-ring (bicyclic) bond motifs is 1. The normalized spacial score (nSPS) is 11.3. The summed E-state index contributed by atoms with van der Waals surface area (Å²) in [5.74, 6) is 0.886. The number of hydrogen-bond donors (Lipinski definition) is 2. The van der Waals surface area contributed by atoms with E-state index in [9.17, 15) is 9.59 Å². The molecule has 0 bridgehead atoms. The van der Waals surface area contributed by atoms with Gasteiger partial charge >= 0.3 is 0 Å². The number of hydrogen-bond acceptors (Lipinski definition) is 6. The first kappa shape index (κ1) is 20.1. The fourth-order valence-corrected chi connectivity index (χ4v) is 3.61. The maximum absolute atomic E-state index is 12.9. The topological polar surface area (TPSA) is 94.5 Å². The van der Waals surface area contributed by atoms with Crippen LogP contribution in [0.4, 0.5) is 5.82 Å². The van der Waals surface area contributed by atoms with Gasteiger partial charge in [-0.15, -0.1) is 0 Å². The van der Waals surface area contributed by atoms with Crippen molar-refractivity contribution in [3.63, 3.8) is 0 Å². The molecular weight excluding hydrogens is 378 g/mol. The molecule has 2 N–H and O–H groups in total. The fourth-order valence-electron chi connectivity index (χ4n) is 2.78. The number of carbonyl (C=O) groups is 1. The maximum Gasteiger partial charge on any atom is 0.262 e. The Bertz CT molecular complexity index is 1030. The van der Waals surface area contributed by atoms with Gasteiger partial charge in [0.25, 0.3) is 5.56 Å². The minimum absolute atomic E-state index is 0.0746. The number of anilines is 1. The highest BCUT2D eigenvalue weighted by molar-refractivity contribution is 7.99. The number of aryl methyl sites for hydroxylation is 1. The number of aromatic nitrogens is 3. The van der Waals surface area contributed by atoms with Crippen molar-refractivity contribution in [3.05, 3.63) is 46.4 Å². The minimum Gasteiger partial charge on any atom is -0.360 e. The molecule has 9 heteroatoms.